The van der Waals surface area contributed by atoms with E-state index in [2.05, 4.69) is 17.4 Å². The summed E-state index contributed by atoms with van der Waals surface area (Å²) in [6.45, 7) is 0.666. The number of thioether (sulfide) groups is 1. The molecule has 0 saturated heterocycles. The summed E-state index contributed by atoms with van der Waals surface area (Å²) in [7, 11) is 0. The van der Waals surface area contributed by atoms with Crippen molar-refractivity contribution in [1.82, 2.24) is 5.32 Å². The van der Waals surface area contributed by atoms with Crippen LogP contribution in [0.3, 0.4) is 0 Å². The third kappa shape index (κ3) is 5.27. The molecule has 0 aliphatic carbocycles. The summed E-state index contributed by atoms with van der Waals surface area (Å²) in [5, 5.41) is 3.58. The molecule has 0 spiro atoms. The van der Waals surface area contributed by atoms with Crippen molar-refractivity contribution in [3.8, 4) is 0 Å². The lowest BCUT2D eigenvalue weighted by molar-refractivity contribution is -0.120. The molecule has 0 aliphatic heterocycles. The summed E-state index contributed by atoms with van der Waals surface area (Å²) in [6, 6.07) is 17.5. The second-order valence-corrected chi connectivity index (χ2v) is 5.92. The SMILES string of the molecule is O=C(Cc1cccc(Cl)c1)NCCSc1ccccc1. The van der Waals surface area contributed by atoms with E-state index in [1.54, 1.807) is 17.8 Å². The van der Waals surface area contributed by atoms with E-state index in [0.29, 0.717) is 18.0 Å². The third-order valence-corrected chi connectivity index (χ3v) is 3.94. The molecular formula is C16H16ClNOS. The number of hydrogen-bond acceptors (Lipinski definition) is 2. The summed E-state index contributed by atoms with van der Waals surface area (Å²) in [5.41, 5.74) is 0.936. The first-order chi connectivity index (χ1) is 9.74. The lowest BCUT2D eigenvalue weighted by atomic mass is 10.1. The summed E-state index contributed by atoms with van der Waals surface area (Å²) in [6.07, 6.45) is 0.372. The normalized spacial score (nSPS) is 10.2. The van der Waals surface area contributed by atoms with Gasteiger partial charge in [-0.25, -0.2) is 0 Å². The van der Waals surface area contributed by atoms with Crippen molar-refractivity contribution in [3.63, 3.8) is 0 Å². The van der Waals surface area contributed by atoms with E-state index in [0.717, 1.165) is 11.3 Å². The zero-order chi connectivity index (χ0) is 14.2. The molecule has 1 amide bonds. The van der Waals surface area contributed by atoms with Crippen molar-refractivity contribution < 1.29 is 4.79 Å². The largest absolute Gasteiger partial charge is 0.355 e. The van der Waals surface area contributed by atoms with Crippen molar-refractivity contribution in [1.29, 1.82) is 0 Å². The van der Waals surface area contributed by atoms with Gasteiger partial charge in [0.1, 0.15) is 0 Å². The van der Waals surface area contributed by atoms with Gasteiger partial charge in [-0.3, -0.25) is 4.79 Å². The van der Waals surface area contributed by atoms with Gasteiger partial charge in [-0.15, -0.1) is 11.8 Å². The molecule has 104 valence electrons. The van der Waals surface area contributed by atoms with Gasteiger partial charge in [0.05, 0.1) is 6.42 Å². The van der Waals surface area contributed by atoms with Crippen LogP contribution in [0.15, 0.2) is 59.5 Å². The van der Waals surface area contributed by atoms with Crippen LogP contribution in [0.2, 0.25) is 5.02 Å². The van der Waals surface area contributed by atoms with Gasteiger partial charge in [0.2, 0.25) is 5.91 Å². The molecule has 0 fully saturated rings. The van der Waals surface area contributed by atoms with Gasteiger partial charge < -0.3 is 5.32 Å². The number of carbonyl (C=O) groups excluding carboxylic acids is 1. The Morgan fingerprint density at radius 1 is 1.10 bits per heavy atom. The molecule has 0 saturated carbocycles. The van der Waals surface area contributed by atoms with Gasteiger partial charge in [-0.05, 0) is 29.8 Å². The van der Waals surface area contributed by atoms with Gasteiger partial charge in [-0.1, -0.05) is 41.9 Å². The van der Waals surface area contributed by atoms with Crippen molar-refractivity contribution in [3.05, 3.63) is 65.2 Å². The maximum Gasteiger partial charge on any atom is 0.224 e. The summed E-state index contributed by atoms with van der Waals surface area (Å²) >= 11 is 7.62. The lowest BCUT2D eigenvalue weighted by Gasteiger charge is -2.05. The number of amides is 1. The highest BCUT2D eigenvalue weighted by molar-refractivity contribution is 7.99. The first-order valence-electron chi connectivity index (χ1n) is 6.43. The van der Waals surface area contributed by atoms with E-state index in [1.807, 2.05) is 36.4 Å². The molecule has 4 heteroatoms. The molecular weight excluding hydrogens is 290 g/mol. The average Bonchev–Trinajstić information content (AvgIpc) is 2.45. The number of hydrogen-bond donors (Lipinski definition) is 1. The molecule has 0 aliphatic rings. The van der Waals surface area contributed by atoms with Crippen LogP contribution < -0.4 is 5.32 Å². The predicted molar refractivity (Wildman–Crippen MR) is 85.3 cm³/mol. The van der Waals surface area contributed by atoms with Crippen LogP contribution in [0.25, 0.3) is 0 Å². The minimum absolute atomic E-state index is 0.0286. The molecule has 2 aromatic rings. The smallest absolute Gasteiger partial charge is 0.224 e. The van der Waals surface area contributed by atoms with E-state index in [4.69, 9.17) is 11.6 Å². The van der Waals surface area contributed by atoms with Crippen LogP contribution in [0.5, 0.6) is 0 Å². The highest BCUT2D eigenvalue weighted by Crippen LogP contribution is 2.15. The number of rotatable bonds is 6. The zero-order valence-corrected chi connectivity index (χ0v) is 12.6. The minimum atomic E-state index is 0.0286. The highest BCUT2D eigenvalue weighted by Gasteiger charge is 2.03. The first kappa shape index (κ1) is 14.9. The van der Waals surface area contributed by atoms with Gasteiger partial charge in [0.25, 0.3) is 0 Å². The van der Waals surface area contributed by atoms with Crippen molar-refractivity contribution in [2.75, 3.05) is 12.3 Å². The molecule has 0 heterocycles. The Labute approximate surface area is 128 Å². The van der Waals surface area contributed by atoms with Gasteiger partial charge in [0.15, 0.2) is 0 Å². The van der Waals surface area contributed by atoms with Crippen LogP contribution in [-0.4, -0.2) is 18.2 Å². The second kappa shape index (κ2) is 7.98. The molecule has 0 atom stereocenters. The number of benzene rings is 2. The number of carbonyl (C=O) groups is 1. The quantitative estimate of drug-likeness (QED) is 0.650. The summed E-state index contributed by atoms with van der Waals surface area (Å²) in [5.74, 6) is 0.895. The summed E-state index contributed by atoms with van der Waals surface area (Å²) in [4.78, 5) is 13.0. The molecule has 0 aromatic heterocycles. The van der Waals surface area contributed by atoms with E-state index in [1.165, 1.54) is 4.90 Å². The fourth-order valence-corrected chi connectivity index (χ4v) is 2.77. The van der Waals surface area contributed by atoms with Gasteiger partial charge in [0, 0.05) is 22.2 Å². The highest BCUT2D eigenvalue weighted by atomic mass is 35.5. The topological polar surface area (TPSA) is 29.1 Å². The van der Waals surface area contributed by atoms with Crippen molar-refractivity contribution in [2.45, 2.75) is 11.3 Å². The minimum Gasteiger partial charge on any atom is -0.355 e. The molecule has 0 unspecified atom stereocenters. The van der Waals surface area contributed by atoms with Crippen LogP contribution in [0, 0.1) is 0 Å². The standard InChI is InChI=1S/C16H16ClNOS/c17-14-6-4-5-13(11-14)12-16(19)18-9-10-20-15-7-2-1-3-8-15/h1-8,11H,9-10,12H2,(H,18,19). The Morgan fingerprint density at radius 2 is 1.90 bits per heavy atom. The maximum absolute atomic E-state index is 11.8. The van der Waals surface area contributed by atoms with Crippen LogP contribution >= 0.6 is 23.4 Å². The molecule has 2 nitrogen and oxygen atoms in total. The van der Waals surface area contributed by atoms with Gasteiger partial charge >= 0.3 is 0 Å². The molecule has 2 rings (SSSR count). The van der Waals surface area contributed by atoms with Crippen LogP contribution in [-0.2, 0) is 11.2 Å². The Kier molecular flexibility index (Phi) is 5.96. The first-order valence-corrected chi connectivity index (χ1v) is 7.79. The predicted octanol–water partition coefficient (Wildman–Crippen LogP) is 3.79. The van der Waals surface area contributed by atoms with Crippen LogP contribution in [0.1, 0.15) is 5.56 Å². The third-order valence-electron chi connectivity index (χ3n) is 2.69. The number of halogens is 1. The molecule has 1 N–H and O–H groups in total. The summed E-state index contributed by atoms with van der Waals surface area (Å²) < 4.78 is 0. The fraction of sp³-hybridized carbons (Fsp3) is 0.188. The number of nitrogens with one attached hydrogen (secondary N) is 1. The molecule has 0 radical (unpaired) electrons. The van der Waals surface area contributed by atoms with E-state index >= 15 is 0 Å². The Morgan fingerprint density at radius 3 is 2.65 bits per heavy atom. The molecule has 0 bridgehead atoms. The molecule has 2 aromatic carbocycles. The monoisotopic (exact) mass is 305 g/mol. The Hall–Kier alpha value is -1.45. The van der Waals surface area contributed by atoms with E-state index < -0.39 is 0 Å². The van der Waals surface area contributed by atoms with Crippen molar-refractivity contribution in [2.24, 2.45) is 0 Å². The van der Waals surface area contributed by atoms with Crippen molar-refractivity contribution >= 4 is 29.3 Å². The average molecular weight is 306 g/mol. The Bertz CT molecular complexity index is 559. The van der Waals surface area contributed by atoms with Gasteiger partial charge in [-0.2, -0.15) is 0 Å². The second-order valence-electron chi connectivity index (χ2n) is 4.32. The fourth-order valence-electron chi connectivity index (χ4n) is 1.77. The Balaban J connectivity index is 1.68. The van der Waals surface area contributed by atoms with E-state index in [-0.39, 0.29) is 5.91 Å². The van der Waals surface area contributed by atoms with Crippen LogP contribution in [0.4, 0.5) is 0 Å². The molecule has 20 heavy (non-hydrogen) atoms. The van der Waals surface area contributed by atoms with E-state index in [9.17, 15) is 4.79 Å². The lowest BCUT2D eigenvalue weighted by Crippen LogP contribution is -2.27. The maximum atomic E-state index is 11.8. The zero-order valence-electron chi connectivity index (χ0n) is 11.0.